The lowest BCUT2D eigenvalue weighted by Crippen LogP contribution is -2.40. The maximum atomic E-state index is 12.5. The highest BCUT2D eigenvalue weighted by molar-refractivity contribution is 5.76. The monoisotopic (exact) mass is 372 g/mol. The van der Waals surface area contributed by atoms with Crippen molar-refractivity contribution in [1.82, 2.24) is 19.6 Å². The molecule has 1 amide bonds. The van der Waals surface area contributed by atoms with Crippen LogP contribution in [0.2, 0.25) is 0 Å². The van der Waals surface area contributed by atoms with Crippen molar-refractivity contribution in [3.63, 3.8) is 0 Å². The van der Waals surface area contributed by atoms with E-state index in [1.807, 2.05) is 29.6 Å². The lowest BCUT2D eigenvalue weighted by Gasteiger charge is -2.27. The van der Waals surface area contributed by atoms with Crippen molar-refractivity contribution in [2.24, 2.45) is 7.05 Å². The Bertz CT molecular complexity index is 804. The average molecular weight is 372 g/mol. The first-order valence-corrected chi connectivity index (χ1v) is 9.77. The highest BCUT2D eigenvalue weighted by Gasteiger charge is 2.25. The lowest BCUT2D eigenvalue weighted by molar-refractivity contribution is -0.135. The fourth-order valence-electron chi connectivity index (χ4n) is 4.05. The zero-order chi connectivity index (χ0) is 18.8. The van der Waals surface area contributed by atoms with E-state index in [0.29, 0.717) is 39.1 Å². The number of hydrogen-bond acceptors (Lipinski definition) is 5. The van der Waals surface area contributed by atoms with Crippen LogP contribution >= 0.6 is 0 Å². The molecular weight excluding hydrogens is 344 g/mol. The van der Waals surface area contributed by atoms with Crippen LogP contribution in [0.4, 0.5) is 0 Å². The van der Waals surface area contributed by atoms with Crippen molar-refractivity contribution in [3.8, 4) is 0 Å². The molecule has 2 aliphatic heterocycles. The molecule has 0 N–H and O–H groups in total. The van der Waals surface area contributed by atoms with Gasteiger partial charge in [0.2, 0.25) is 5.91 Å². The Morgan fingerprint density at radius 2 is 2.04 bits per heavy atom. The van der Waals surface area contributed by atoms with Crippen molar-refractivity contribution >= 4 is 5.91 Å². The van der Waals surface area contributed by atoms with E-state index < -0.39 is 0 Å². The quantitative estimate of drug-likeness (QED) is 0.799. The summed E-state index contributed by atoms with van der Waals surface area (Å²) in [6.07, 6.45) is 2.20. The number of aromatic nitrogens is 2. The minimum Gasteiger partial charge on any atom is -0.465 e. The van der Waals surface area contributed by atoms with Gasteiger partial charge in [0.25, 0.3) is 0 Å². The minimum absolute atomic E-state index is 0.205. The number of carbonyl (C=O) groups is 1. The van der Waals surface area contributed by atoms with Gasteiger partial charge in [-0.15, -0.1) is 0 Å². The molecule has 27 heavy (non-hydrogen) atoms. The molecule has 0 saturated carbocycles. The number of hydrogen-bond donors (Lipinski definition) is 0. The third-order valence-corrected chi connectivity index (χ3v) is 5.52. The topological polar surface area (TPSA) is 63.7 Å². The second-order valence-corrected chi connectivity index (χ2v) is 7.46. The standard InChI is InChI=1S/C20H28N4O3/c1-15-3-4-16(27-15)13-23-8-7-19-17(14-23)18(21-22(19)2)5-6-20(25)24-9-11-26-12-10-24/h3-4H,5-14H2,1-2H3. The van der Waals surface area contributed by atoms with Gasteiger partial charge in [0.1, 0.15) is 11.5 Å². The van der Waals surface area contributed by atoms with Crippen molar-refractivity contribution in [1.29, 1.82) is 0 Å². The molecule has 1 saturated heterocycles. The van der Waals surface area contributed by atoms with E-state index in [9.17, 15) is 4.79 Å². The van der Waals surface area contributed by atoms with Crippen LogP contribution in [0.1, 0.15) is 34.9 Å². The number of morpholine rings is 1. The molecule has 0 spiro atoms. The molecule has 146 valence electrons. The van der Waals surface area contributed by atoms with E-state index in [0.717, 1.165) is 43.3 Å². The summed E-state index contributed by atoms with van der Waals surface area (Å²) in [7, 11) is 2.01. The first kappa shape index (κ1) is 18.3. The van der Waals surface area contributed by atoms with Crippen LogP contribution in [0, 0.1) is 6.92 Å². The third-order valence-electron chi connectivity index (χ3n) is 5.52. The molecule has 0 bridgehead atoms. The maximum Gasteiger partial charge on any atom is 0.223 e. The van der Waals surface area contributed by atoms with Crippen LogP contribution in [-0.2, 0) is 42.5 Å². The predicted molar refractivity (Wildman–Crippen MR) is 100 cm³/mol. The molecule has 1 fully saturated rings. The number of ether oxygens (including phenoxy) is 1. The molecule has 7 heteroatoms. The van der Waals surface area contributed by atoms with Gasteiger partial charge in [-0.2, -0.15) is 5.10 Å². The number of nitrogens with zero attached hydrogens (tertiary/aromatic N) is 4. The van der Waals surface area contributed by atoms with Gasteiger partial charge in [-0.3, -0.25) is 14.4 Å². The van der Waals surface area contributed by atoms with E-state index in [2.05, 4.69) is 11.0 Å². The summed E-state index contributed by atoms with van der Waals surface area (Å²) in [6, 6.07) is 4.06. The number of amides is 1. The normalized spacial score (nSPS) is 17.9. The Kier molecular flexibility index (Phi) is 5.31. The molecule has 0 atom stereocenters. The fraction of sp³-hybridized carbons (Fsp3) is 0.600. The molecule has 4 heterocycles. The minimum atomic E-state index is 0.205. The lowest BCUT2D eigenvalue weighted by atomic mass is 10.0. The summed E-state index contributed by atoms with van der Waals surface area (Å²) in [5.74, 6) is 2.16. The van der Waals surface area contributed by atoms with E-state index in [1.165, 1.54) is 11.3 Å². The van der Waals surface area contributed by atoms with Crippen molar-refractivity contribution in [3.05, 3.63) is 40.6 Å². The second-order valence-electron chi connectivity index (χ2n) is 7.46. The Balaban J connectivity index is 1.40. The molecule has 2 aliphatic rings. The van der Waals surface area contributed by atoms with Crippen molar-refractivity contribution in [2.45, 2.75) is 39.3 Å². The second kappa shape index (κ2) is 7.86. The summed E-state index contributed by atoms with van der Waals surface area (Å²) < 4.78 is 13.1. The molecule has 4 rings (SSSR count). The summed E-state index contributed by atoms with van der Waals surface area (Å²) >= 11 is 0. The van der Waals surface area contributed by atoms with Crippen LogP contribution in [0.15, 0.2) is 16.5 Å². The summed E-state index contributed by atoms with van der Waals surface area (Å²) in [5.41, 5.74) is 3.66. The zero-order valence-electron chi connectivity index (χ0n) is 16.2. The zero-order valence-corrected chi connectivity index (χ0v) is 16.2. The molecule has 0 unspecified atom stereocenters. The average Bonchev–Trinajstić information content (AvgIpc) is 3.23. The SMILES string of the molecule is Cc1ccc(CN2CCc3c(c(CCC(=O)N4CCOCC4)nn3C)C2)o1. The van der Waals surface area contributed by atoms with E-state index in [4.69, 9.17) is 14.3 Å². The van der Waals surface area contributed by atoms with Gasteiger partial charge < -0.3 is 14.1 Å². The highest BCUT2D eigenvalue weighted by Crippen LogP contribution is 2.25. The Morgan fingerprint density at radius 1 is 1.22 bits per heavy atom. The van der Waals surface area contributed by atoms with Crippen LogP contribution in [0.5, 0.6) is 0 Å². The number of fused-ring (bicyclic) bond motifs is 1. The summed E-state index contributed by atoms with van der Waals surface area (Å²) in [6.45, 7) is 7.35. The highest BCUT2D eigenvalue weighted by atomic mass is 16.5. The number of rotatable bonds is 5. The first-order valence-electron chi connectivity index (χ1n) is 9.77. The van der Waals surface area contributed by atoms with Crippen LogP contribution in [0.3, 0.4) is 0 Å². The Hall–Kier alpha value is -2.12. The molecule has 0 aromatic carbocycles. The smallest absolute Gasteiger partial charge is 0.223 e. The summed E-state index contributed by atoms with van der Waals surface area (Å²) in [5, 5.41) is 4.73. The van der Waals surface area contributed by atoms with Gasteiger partial charge in [0.05, 0.1) is 25.5 Å². The third kappa shape index (κ3) is 4.09. The largest absolute Gasteiger partial charge is 0.465 e. The predicted octanol–water partition coefficient (Wildman–Crippen LogP) is 1.67. The Labute approximate surface area is 159 Å². The Morgan fingerprint density at radius 3 is 2.78 bits per heavy atom. The molecular formula is C20H28N4O3. The fourth-order valence-corrected chi connectivity index (χ4v) is 4.05. The molecule has 7 nitrogen and oxygen atoms in total. The van der Waals surface area contributed by atoms with Gasteiger partial charge in [-0.05, 0) is 19.1 Å². The van der Waals surface area contributed by atoms with Gasteiger partial charge >= 0.3 is 0 Å². The molecule has 0 radical (unpaired) electrons. The van der Waals surface area contributed by atoms with Gasteiger partial charge in [0, 0.05) is 63.7 Å². The van der Waals surface area contributed by atoms with E-state index in [1.54, 1.807) is 0 Å². The maximum absolute atomic E-state index is 12.5. The van der Waals surface area contributed by atoms with Gasteiger partial charge in [0.15, 0.2) is 0 Å². The summed E-state index contributed by atoms with van der Waals surface area (Å²) in [4.78, 5) is 16.8. The van der Waals surface area contributed by atoms with Crippen LogP contribution < -0.4 is 0 Å². The molecule has 2 aromatic rings. The number of aryl methyl sites for hydroxylation is 3. The van der Waals surface area contributed by atoms with E-state index in [-0.39, 0.29) is 5.91 Å². The van der Waals surface area contributed by atoms with Crippen LogP contribution in [-0.4, -0.2) is 58.3 Å². The first-order chi connectivity index (χ1) is 13.1. The number of furan rings is 1. The molecule has 2 aromatic heterocycles. The van der Waals surface area contributed by atoms with Gasteiger partial charge in [-0.1, -0.05) is 0 Å². The molecule has 0 aliphatic carbocycles. The number of carbonyl (C=O) groups excluding carboxylic acids is 1. The van der Waals surface area contributed by atoms with Crippen molar-refractivity contribution in [2.75, 3.05) is 32.8 Å². The van der Waals surface area contributed by atoms with Crippen molar-refractivity contribution < 1.29 is 13.9 Å². The van der Waals surface area contributed by atoms with Gasteiger partial charge in [-0.25, -0.2) is 0 Å². The van der Waals surface area contributed by atoms with Crippen LogP contribution in [0.25, 0.3) is 0 Å². The van der Waals surface area contributed by atoms with E-state index >= 15 is 0 Å².